The van der Waals surface area contributed by atoms with Crippen LogP contribution in [0, 0.1) is 11.2 Å². The Kier molecular flexibility index (Phi) is 6.12. The third-order valence-electron chi connectivity index (χ3n) is 5.48. The van der Waals surface area contributed by atoms with Crippen molar-refractivity contribution >= 4 is 11.8 Å². The van der Waals surface area contributed by atoms with Gasteiger partial charge in [-0.25, -0.2) is 4.39 Å². The highest BCUT2D eigenvalue weighted by Crippen LogP contribution is 2.36. The zero-order valence-corrected chi connectivity index (χ0v) is 16.5. The van der Waals surface area contributed by atoms with Gasteiger partial charge in [-0.05, 0) is 48.6 Å². The first-order valence-electron chi connectivity index (χ1n) is 9.88. The molecule has 0 spiro atoms. The molecule has 4 nitrogen and oxygen atoms in total. The van der Waals surface area contributed by atoms with E-state index >= 15 is 0 Å². The topological polar surface area (TPSA) is 49.4 Å². The van der Waals surface area contributed by atoms with E-state index in [4.69, 9.17) is 0 Å². The fourth-order valence-corrected chi connectivity index (χ4v) is 3.96. The quantitative estimate of drug-likeness (QED) is 0.826. The lowest BCUT2D eigenvalue weighted by atomic mass is 9.79. The molecule has 2 amide bonds. The van der Waals surface area contributed by atoms with E-state index in [1.54, 1.807) is 17.0 Å². The van der Waals surface area contributed by atoms with E-state index in [0.717, 1.165) is 16.7 Å². The maximum absolute atomic E-state index is 13.2. The molecule has 0 unspecified atom stereocenters. The average Bonchev–Trinajstić information content (AvgIpc) is 3.14. The van der Waals surface area contributed by atoms with E-state index in [1.807, 2.05) is 32.0 Å². The Bertz CT molecular complexity index is 850. The molecule has 148 valence electrons. The van der Waals surface area contributed by atoms with Crippen molar-refractivity contribution < 1.29 is 14.0 Å². The van der Waals surface area contributed by atoms with Crippen molar-refractivity contribution in [1.29, 1.82) is 0 Å². The zero-order chi connectivity index (χ0) is 20.1. The van der Waals surface area contributed by atoms with Crippen LogP contribution >= 0.6 is 0 Å². The summed E-state index contributed by atoms with van der Waals surface area (Å²) >= 11 is 0. The highest BCUT2D eigenvalue weighted by atomic mass is 19.1. The summed E-state index contributed by atoms with van der Waals surface area (Å²) in [7, 11) is 0. The number of likely N-dealkylation sites (tertiary alicyclic amines) is 1. The molecule has 0 aromatic heterocycles. The Morgan fingerprint density at radius 3 is 2.54 bits per heavy atom. The second-order valence-corrected chi connectivity index (χ2v) is 7.44. The molecule has 5 heteroatoms. The SMILES string of the molecule is CCNC(=O)[C@]1(Cc2cccc(-c3ccc(F)cc3)c2)CCN(C(=O)CC)C1. The van der Waals surface area contributed by atoms with Crippen molar-refractivity contribution in [3.63, 3.8) is 0 Å². The van der Waals surface area contributed by atoms with Gasteiger partial charge in [0.2, 0.25) is 11.8 Å². The number of hydrogen-bond donors (Lipinski definition) is 1. The van der Waals surface area contributed by atoms with E-state index in [1.165, 1.54) is 12.1 Å². The smallest absolute Gasteiger partial charge is 0.228 e. The Morgan fingerprint density at radius 2 is 1.86 bits per heavy atom. The van der Waals surface area contributed by atoms with E-state index in [9.17, 15) is 14.0 Å². The third kappa shape index (κ3) is 4.24. The van der Waals surface area contributed by atoms with Crippen LogP contribution in [0.25, 0.3) is 11.1 Å². The predicted octanol–water partition coefficient (Wildman–Crippen LogP) is 3.80. The van der Waals surface area contributed by atoms with Crippen LogP contribution in [-0.2, 0) is 16.0 Å². The van der Waals surface area contributed by atoms with E-state index in [-0.39, 0.29) is 17.6 Å². The molecule has 1 atom stereocenters. The normalized spacial score (nSPS) is 18.9. The number of carbonyl (C=O) groups is 2. The molecule has 1 saturated heterocycles. The standard InChI is InChI=1S/C23H27FN2O2/c1-3-21(27)26-13-12-23(16-26,22(28)25-4-2)15-17-6-5-7-19(14-17)18-8-10-20(24)11-9-18/h5-11,14H,3-4,12-13,15-16H2,1-2H3,(H,25,28)/t23-/m0/s1. The molecule has 1 fully saturated rings. The Labute approximate surface area is 165 Å². The maximum Gasteiger partial charge on any atom is 0.228 e. The van der Waals surface area contributed by atoms with E-state index in [0.29, 0.717) is 38.9 Å². The summed E-state index contributed by atoms with van der Waals surface area (Å²) in [6, 6.07) is 14.4. The summed E-state index contributed by atoms with van der Waals surface area (Å²) in [5.74, 6) is -0.165. The fraction of sp³-hybridized carbons (Fsp3) is 0.391. The Morgan fingerprint density at radius 1 is 1.11 bits per heavy atom. The Hall–Kier alpha value is -2.69. The molecule has 1 aliphatic rings. The molecule has 0 aliphatic carbocycles. The van der Waals surface area contributed by atoms with Crippen LogP contribution in [0.2, 0.25) is 0 Å². The monoisotopic (exact) mass is 382 g/mol. The minimum absolute atomic E-state index is 0.00795. The molecule has 0 saturated carbocycles. The summed E-state index contributed by atoms with van der Waals surface area (Å²) in [6.45, 7) is 5.39. The van der Waals surface area contributed by atoms with Crippen LogP contribution in [0.3, 0.4) is 0 Å². The van der Waals surface area contributed by atoms with Crippen LogP contribution in [-0.4, -0.2) is 36.3 Å². The molecule has 1 heterocycles. The number of halogens is 1. The number of nitrogens with one attached hydrogen (secondary N) is 1. The van der Waals surface area contributed by atoms with Gasteiger partial charge < -0.3 is 10.2 Å². The second kappa shape index (κ2) is 8.55. The minimum Gasteiger partial charge on any atom is -0.356 e. The lowest BCUT2D eigenvalue weighted by molar-refractivity contribution is -0.133. The van der Waals surface area contributed by atoms with Gasteiger partial charge in [-0.3, -0.25) is 9.59 Å². The highest BCUT2D eigenvalue weighted by Gasteiger charge is 2.45. The van der Waals surface area contributed by atoms with Crippen molar-refractivity contribution in [1.82, 2.24) is 10.2 Å². The van der Waals surface area contributed by atoms with Crippen molar-refractivity contribution in [3.8, 4) is 11.1 Å². The molecule has 0 radical (unpaired) electrons. The van der Waals surface area contributed by atoms with Gasteiger partial charge in [0.15, 0.2) is 0 Å². The van der Waals surface area contributed by atoms with Crippen LogP contribution < -0.4 is 5.32 Å². The van der Waals surface area contributed by atoms with Crippen molar-refractivity contribution in [3.05, 3.63) is 59.9 Å². The van der Waals surface area contributed by atoms with Crippen LogP contribution in [0.1, 0.15) is 32.3 Å². The number of benzene rings is 2. The number of hydrogen-bond acceptors (Lipinski definition) is 2. The molecule has 28 heavy (non-hydrogen) atoms. The van der Waals surface area contributed by atoms with Gasteiger partial charge in [0.05, 0.1) is 5.41 Å². The first-order chi connectivity index (χ1) is 13.5. The van der Waals surface area contributed by atoms with Gasteiger partial charge in [0.25, 0.3) is 0 Å². The molecule has 2 aromatic rings. The lowest BCUT2D eigenvalue weighted by Crippen LogP contribution is -2.45. The van der Waals surface area contributed by atoms with Gasteiger partial charge in [0, 0.05) is 26.1 Å². The van der Waals surface area contributed by atoms with Crippen molar-refractivity contribution in [2.45, 2.75) is 33.1 Å². The molecule has 3 rings (SSSR count). The van der Waals surface area contributed by atoms with Crippen molar-refractivity contribution in [2.24, 2.45) is 5.41 Å². The average molecular weight is 382 g/mol. The number of nitrogens with zero attached hydrogens (tertiary/aromatic N) is 1. The molecular formula is C23H27FN2O2. The van der Waals surface area contributed by atoms with Gasteiger partial charge in [-0.2, -0.15) is 0 Å². The van der Waals surface area contributed by atoms with E-state index in [2.05, 4.69) is 11.4 Å². The largest absolute Gasteiger partial charge is 0.356 e. The molecular weight excluding hydrogens is 355 g/mol. The summed E-state index contributed by atoms with van der Waals surface area (Å²) in [4.78, 5) is 26.9. The Balaban J connectivity index is 1.87. The van der Waals surface area contributed by atoms with Gasteiger partial charge in [-0.15, -0.1) is 0 Å². The fourth-order valence-electron chi connectivity index (χ4n) is 3.96. The van der Waals surface area contributed by atoms with E-state index < -0.39 is 5.41 Å². The minimum atomic E-state index is -0.609. The summed E-state index contributed by atoms with van der Waals surface area (Å²) in [6.07, 6.45) is 1.68. The first kappa shape index (κ1) is 20.1. The van der Waals surface area contributed by atoms with Gasteiger partial charge in [-0.1, -0.05) is 43.3 Å². The summed E-state index contributed by atoms with van der Waals surface area (Å²) < 4.78 is 13.2. The molecule has 2 aromatic carbocycles. The number of carbonyl (C=O) groups excluding carboxylic acids is 2. The van der Waals surface area contributed by atoms with Gasteiger partial charge >= 0.3 is 0 Å². The number of amides is 2. The maximum atomic E-state index is 13.2. The lowest BCUT2D eigenvalue weighted by Gasteiger charge is -2.28. The number of rotatable bonds is 6. The predicted molar refractivity (Wildman–Crippen MR) is 108 cm³/mol. The molecule has 1 aliphatic heterocycles. The van der Waals surface area contributed by atoms with Crippen LogP contribution in [0.4, 0.5) is 4.39 Å². The third-order valence-corrected chi connectivity index (χ3v) is 5.48. The zero-order valence-electron chi connectivity index (χ0n) is 16.5. The second-order valence-electron chi connectivity index (χ2n) is 7.44. The highest BCUT2D eigenvalue weighted by molar-refractivity contribution is 5.85. The van der Waals surface area contributed by atoms with Crippen LogP contribution in [0.5, 0.6) is 0 Å². The first-order valence-corrected chi connectivity index (χ1v) is 9.88. The summed E-state index contributed by atoms with van der Waals surface area (Å²) in [5, 5.41) is 2.96. The van der Waals surface area contributed by atoms with Crippen LogP contribution in [0.15, 0.2) is 48.5 Å². The molecule has 0 bridgehead atoms. The van der Waals surface area contributed by atoms with Gasteiger partial charge in [0.1, 0.15) is 5.82 Å². The molecule has 1 N–H and O–H groups in total. The van der Waals surface area contributed by atoms with Crippen molar-refractivity contribution in [2.75, 3.05) is 19.6 Å². The summed E-state index contributed by atoms with van der Waals surface area (Å²) in [5.41, 5.74) is 2.36.